The van der Waals surface area contributed by atoms with Crippen LogP contribution in [0.1, 0.15) is 65.7 Å². The summed E-state index contributed by atoms with van der Waals surface area (Å²) in [6.07, 6.45) is 9.52. The van der Waals surface area contributed by atoms with Crippen LogP contribution in [-0.2, 0) is 23.9 Å². The second-order valence-corrected chi connectivity index (χ2v) is 6.21. The minimum atomic E-state index is -1.25. The van der Waals surface area contributed by atoms with Crippen LogP contribution in [0.15, 0.2) is 12.2 Å². The summed E-state index contributed by atoms with van der Waals surface area (Å²) in [5.41, 5.74) is -1.25. The minimum absolute atomic E-state index is 0.0417. The van der Waals surface area contributed by atoms with Gasteiger partial charge >= 0.3 is 11.9 Å². The van der Waals surface area contributed by atoms with Crippen LogP contribution < -0.4 is 0 Å². The van der Waals surface area contributed by atoms with Crippen molar-refractivity contribution in [2.45, 2.75) is 65.7 Å². The summed E-state index contributed by atoms with van der Waals surface area (Å²) in [5.74, 6) is -1.37. The van der Waals surface area contributed by atoms with E-state index in [1.165, 1.54) is 18.9 Å². The molecule has 1 aliphatic carbocycles. The van der Waals surface area contributed by atoms with Gasteiger partial charge in [0.15, 0.2) is 11.2 Å². The third-order valence-electron chi connectivity index (χ3n) is 4.34. The van der Waals surface area contributed by atoms with Crippen molar-refractivity contribution in [1.82, 2.24) is 0 Å². The van der Waals surface area contributed by atoms with Crippen molar-refractivity contribution in [3.63, 3.8) is 0 Å². The molecule has 0 aliphatic heterocycles. The van der Waals surface area contributed by atoms with Gasteiger partial charge in [-0.3, -0.25) is 14.4 Å². The number of unbranched alkanes of at least 4 members (excludes halogenated alkanes) is 4. The second-order valence-electron chi connectivity index (χ2n) is 6.21. The Morgan fingerprint density at radius 2 is 1.54 bits per heavy atom. The second kappa shape index (κ2) is 10.3. The van der Waals surface area contributed by atoms with E-state index in [-0.39, 0.29) is 24.9 Å². The van der Waals surface area contributed by atoms with Crippen molar-refractivity contribution in [3.8, 4) is 0 Å². The van der Waals surface area contributed by atoms with Crippen molar-refractivity contribution in [1.29, 1.82) is 0 Å². The van der Waals surface area contributed by atoms with E-state index >= 15 is 0 Å². The van der Waals surface area contributed by atoms with Crippen LogP contribution in [0.25, 0.3) is 0 Å². The summed E-state index contributed by atoms with van der Waals surface area (Å²) in [5, 5.41) is 0. The monoisotopic (exact) mass is 338 g/mol. The molecule has 136 valence electrons. The molecule has 0 heterocycles. The third kappa shape index (κ3) is 5.46. The summed E-state index contributed by atoms with van der Waals surface area (Å²) >= 11 is 0. The highest BCUT2D eigenvalue weighted by molar-refractivity contribution is 6.04. The topological polar surface area (TPSA) is 69.7 Å². The molecule has 0 spiro atoms. The van der Waals surface area contributed by atoms with Crippen LogP contribution in [0.3, 0.4) is 0 Å². The molecule has 1 saturated carbocycles. The van der Waals surface area contributed by atoms with Crippen LogP contribution >= 0.6 is 0 Å². The lowest BCUT2D eigenvalue weighted by Crippen LogP contribution is -2.31. The van der Waals surface area contributed by atoms with Crippen molar-refractivity contribution >= 4 is 17.7 Å². The summed E-state index contributed by atoms with van der Waals surface area (Å²) in [6, 6.07) is 0. The predicted octanol–water partition coefficient (Wildman–Crippen LogP) is 3.60. The largest absolute Gasteiger partial charge is 0.465 e. The average Bonchev–Trinajstić information content (AvgIpc) is 3.29. The Balaban J connectivity index is 2.52. The molecule has 0 saturated heterocycles. The third-order valence-corrected chi connectivity index (χ3v) is 4.34. The molecule has 1 aliphatic rings. The first-order valence-corrected chi connectivity index (χ1v) is 9.08. The molecule has 0 aromatic carbocycles. The quantitative estimate of drug-likeness (QED) is 0.235. The number of rotatable bonds is 12. The molecule has 0 radical (unpaired) electrons. The van der Waals surface area contributed by atoms with Gasteiger partial charge in [-0.15, -0.1) is 0 Å². The van der Waals surface area contributed by atoms with E-state index in [2.05, 4.69) is 6.92 Å². The van der Waals surface area contributed by atoms with Gasteiger partial charge < -0.3 is 9.47 Å². The van der Waals surface area contributed by atoms with E-state index in [9.17, 15) is 14.4 Å². The van der Waals surface area contributed by atoms with E-state index in [1.807, 2.05) is 0 Å². The molecular formula is C19H30O5. The van der Waals surface area contributed by atoms with E-state index in [4.69, 9.17) is 9.47 Å². The fourth-order valence-corrected chi connectivity index (χ4v) is 2.80. The molecule has 1 fully saturated rings. The smallest absolute Gasteiger partial charge is 0.324 e. The van der Waals surface area contributed by atoms with Gasteiger partial charge in [0.2, 0.25) is 0 Å². The van der Waals surface area contributed by atoms with Crippen LogP contribution in [0, 0.1) is 11.3 Å². The number of hydrogen-bond donors (Lipinski definition) is 0. The van der Waals surface area contributed by atoms with Crippen molar-refractivity contribution in [3.05, 3.63) is 12.2 Å². The van der Waals surface area contributed by atoms with E-state index in [0.29, 0.717) is 12.8 Å². The lowest BCUT2D eigenvalue weighted by Gasteiger charge is -2.13. The number of carbonyl (C=O) groups excluding carboxylic acids is 3. The van der Waals surface area contributed by atoms with Crippen molar-refractivity contribution < 1.29 is 23.9 Å². The molecule has 0 amide bonds. The molecule has 5 heteroatoms. The molecule has 24 heavy (non-hydrogen) atoms. The maximum absolute atomic E-state index is 12.1. The van der Waals surface area contributed by atoms with Crippen LogP contribution in [0.5, 0.6) is 0 Å². The van der Waals surface area contributed by atoms with E-state index < -0.39 is 17.4 Å². The molecular weight excluding hydrogens is 308 g/mol. The summed E-state index contributed by atoms with van der Waals surface area (Å²) < 4.78 is 10.0. The molecule has 0 bridgehead atoms. The number of carbonyl (C=O) groups is 3. The van der Waals surface area contributed by atoms with Crippen LogP contribution in [-0.4, -0.2) is 30.9 Å². The van der Waals surface area contributed by atoms with Gasteiger partial charge in [-0.1, -0.05) is 38.7 Å². The number of ether oxygens (including phenoxy) is 2. The molecule has 1 unspecified atom stereocenters. The molecule has 0 aromatic rings. The molecule has 1 atom stereocenters. The summed E-state index contributed by atoms with van der Waals surface area (Å²) in [4.78, 5) is 36.1. The highest BCUT2D eigenvalue weighted by Crippen LogP contribution is 2.55. The standard InChI is InChI=1S/C19H30O5/c1-4-7-8-9-10-11-16(20)13-12-15-14-19(15,17(21)23-5-2)18(22)24-6-3/h12-13,15H,4-11,14H2,1-3H3/b13-12+. The fourth-order valence-electron chi connectivity index (χ4n) is 2.80. The maximum Gasteiger partial charge on any atom is 0.324 e. The zero-order chi connectivity index (χ0) is 18.0. The molecule has 0 aromatic heterocycles. The van der Waals surface area contributed by atoms with Gasteiger partial charge in [0, 0.05) is 12.3 Å². The van der Waals surface area contributed by atoms with Crippen LogP contribution in [0.2, 0.25) is 0 Å². The Bertz CT molecular complexity index is 448. The lowest BCUT2D eigenvalue weighted by atomic mass is 10.0. The Hall–Kier alpha value is -1.65. The minimum Gasteiger partial charge on any atom is -0.465 e. The van der Waals surface area contributed by atoms with Gasteiger partial charge in [-0.25, -0.2) is 0 Å². The molecule has 5 nitrogen and oxygen atoms in total. The highest BCUT2D eigenvalue weighted by atomic mass is 16.6. The first-order valence-electron chi connectivity index (χ1n) is 9.08. The van der Waals surface area contributed by atoms with Crippen molar-refractivity contribution in [2.75, 3.05) is 13.2 Å². The molecule has 0 N–H and O–H groups in total. The van der Waals surface area contributed by atoms with Gasteiger partial charge in [-0.2, -0.15) is 0 Å². The van der Waals surface area contributed by atoms with Gasteiger partial charge in [0.1, 0.15) is 0 Å². The number of hydrogen-bond acceptors (Lipinski definition) is 5. The Kier molecular flexibility index (Phi) is 8.72. The average molecular weight is 338 g/mol. The highest BCUT2D eigenvalue weighted by Gasteiger charge is 2.67. The zero-order valence-corrected chi connectivity index (χ0v) is 15.1. The predicted molar refractivity (Wildman–Crippen MR) is 91.3 cm³/mol. The fraction of sp³-hybridized carbons (Fsp3) is 0.737. The Morgan fingerprint density at radius 1 is 0.958 bits per heavy atom. The van der Waals surface area contributed by atoms with Crippen molar-refractivity contribution in [2.24, 2.45) is 11.3 Å². The lowest BCUT2D eigenvalue weighted by molar-refractivity contribution is -0.164. The molecule has 1 rings (SSSR count). The van der Waals surface area contributed by atoms with E-state index in [0.717, 1.165) is 19.3 Å². The number of allylic oxidation sites excluding steroid dienone is 2. The first-order chi connectivity index (χ1) is 11.5. The number of ketones is 1. The Labute approximate surface area is 144 Å². The zero-order valence-electron chi connectivity index (χ0n) is 15.1. The van der Waals surface area contributed by atoms with Gasteiger partial charge in [0.05, 0.1) is 13.2 Å². The summed E-state index contributed by atoms with van der Waals surface area (Å²) in [7, 11) is 0. The van der Waals surface area contributed by atoms with Gasteiger partial charge in [-0.05, 0) is 32.8 Å². The van der Waals surface area contributed by atoms with Crippen LogP contribution in [0.4, 0.5) is 0 Å². The van der Waals surface area contributed by atoms with Gasteiger partial charge in [0.25, 0.3) is 0 Å². The van der Waals surface area contributed by atoms with E-state index in [1.54, 1.807) is 19.9 Å². The first kappa shape index (κ1) is 20.4. The summed E-state index contributed by atoms with van der Waals surface area (Å²) in [6.45, 7) is 5.99. The number of esters is 2. The maximum atomic E-state index is 12.1. The Morgan fingerprint density at radius 3 is 2.08 bits per heavy atom. The SMILES string of the molecule is CCCCCCCC(=O)/C=C/C1CC1(C(=O)OCC)C(=O)OCC. The normalized spacial score (nSPS) is 18.4.